The molecule has 3 N–H and O–H groups in total. The van der Waals surface area contributed by atoms with E-state index in [0.29, 0.717) is 26.3 Å². The number of carbonyl (C=O) groups is 2. The lowest BCUT2D eigenvalue weighted by Crippen LogP contribution is -2.42. The summed E-state index contributed by atoms with van der Waals surface area (Å²) in [5.41, 5.74) is 2.51. The number of carbonyl (C=O) groups excluding carboxylic acids is 1. The first-order chi connectivity index (χ1) is 16.3. The Morgan fingerprint density at radius 2 is 1.89 bits per heavy atom. The largest absolute Gasteiger partial charge is 0.480 e. The normalized spacial score (nSPS) is 28.7. The Morgan fingerprint density at radius 1 is 1.25 bits per heavy atom. The molecule has 15 heteroatoms. The Kier molecular flexibility index (Phi) is 7.54. The van der Waals surface area contributed by atoms with Crippen molar-refractivity contribution in [2.24, 2.45) is 11.1 Å². The maximum absolute atomic E-state index is 14.0. The van der Waals surface area contributed by atoms with Crippen molar-refractivity contribution in [2.45, 2.75) is 41.2 Å². The molecule has 1 aromatic rings. The number of carboxylic acids is 1. The number of hydrogen-bond donors (Lipinski definition) is 2. The van der Waals surface area contributed by atoms with Gasteiger partial charge in [0.05, 0.1) is 35.0 Å². The number of benzene rings is 1. The van der Waals surface area contributed by atoms with Gasteiger partial charge in [0.2, 0.25) is 5.91 Å². The summed E-state index contributed by atoms with van der Waals surface area (Å²) in [6.45, 7) is 0.911. The number of nitrogens with zero attached hydrogens (tertiary/aromatic N) is 3. The van der Waals surface area contributed by atoms with E-state index in [1.54, 1.807) is 11.0 Å². The molecule has 36 heavy (non-hydrogen) atoms. The fourth-order valence-corrected chi connectivity index (χ4v) is 6.81. The zero-order chi connectivity index (χ0) is 25.8. The molecule has 2 unspecified atom stereocenters. The number of aliphatic carboxylic acids is 1. The number of hydrogen-bond acceptors (Lipinski definition) is 8. The lowest BCUT2D eigenvalue weighted by Gasteiger charge is -2.30. The average Bonchev–Trinajstić information content (AvgIpc) is 3.39. The van der Waals surface area contributed by atoms with Gasteiger partial charge in [0.1, 0.15) is 6.04 Å². The zero-order valence-electron chi connectivity index (χ0n) is 18.8. The summed E-state index contributed by atoms with van der Waals surface area (Å²) in [5, 5.41) is 17.5. The number of sulfone groups is 1. The molecular formula is C21H24ClF3N4O6S. The number of halogens is 4. The number of ether oxygens (including phenoxy) is 1. The van der Waals surface area contributed by atoms with Crippen molar-refractivity contribution >= 4 is 39.8 Å². The molecule has 3 aliphatic rings. The molecule has 1 amide bonds. The highest BCUT2D eigenvalue weighted by Crippen LogP contribution is 2.52. The maximum Gasteiger partial charge on any atom is 0.417 e. The van der Waals surface area contributed by atoms with E-state index in [9.17, 15) is 41.5 Å². The number of rotatable bonds is 6. The second-order valence-electron chi connectivity index (χ2n) is 8.90. The van der Waals surface area contributed by atoms with Gasteiger partial charge >= 0.3 is 12.1 Å². The van der Waals surface area contributed by atoms with Gasteiger partial charge in [0.25, 0.3) is 0 Å². The SMILES string of the molecule is Cl.N#CC1(C(N)=O)CC1N1C[C@H](S(=O)(=O)c2ccc(N3CCOCC3)cc2C(F)(F)F)C[C@H]1C(=O)O. The maximum atomic E-state index is 14.0. The standard InChI is InChI=1S/C21H23F3N4O6S.ClH/c22-21(23,24)14-7-12(27-3-5-34-6-4-27)1-2-16(14)35(32,33)13-8-15(18(29)30)28(10-13)17-9-20(17,11-25)19(26)31;/h1-2,7,13,15,17H,3-6,8-10H2,(H2,26,31)(H,29,30);1H/t13-,15+,17?,20?;/m1./s1. The van der Waals surface area contributed by atoms with Crippen LogP contribution in [0.4, 0.5) is 18.9 Å². The van der Waals surface area contributed by atoms with Crippen LogP contribution in [-0.2, 0) is 30.3 Å². The number of amides is 1. The number of alkyl halides is 3. The topological polar surface area (TPSA) is 154 Å². The Hall–Kier alpha value is -2.60. The van der Waals surface area contributed by atoms with Gasteiger partial charge in [-0.3, -0.25) is 14.5 Å². The molecule has 0 bridgehead atoms. The van der Waals surface area contributed by atoms with Crippen LogP contribution in [0.15, 0.2) is 23.1 Å². The van der Waals surface area contributed by atoms with Crippen molar-refractivity contribution in [3.8, 4) is 6.07 Å². The summed E-state index contributed by atoms with van der Waals surface area (Å²) in [6.07, 6.45) is -5.54. The van der Waals surface area contributed by atoms with Crippen molar-refractivity contribution in [3.05, 3.63) is 23.8 Å². The van der Waals surface area contributed by atoms with Gasteiger partial charge in [-0.1, -0.05) is 0 Å². The van der Waals surface area contributed by atoms with Crippen LogP contribution in [0.1, 0.15) is 18.4 Å². The zero-order valence-corrected chi connectivity index (χ0v) is 20.4. The minimum Gasteiger partial charge on any atom is -0.480 e. The van der Waals surface area contributed by atoms with Crippen LogP contribution in [0.3, 0.4) is 0 Å². The van der Waals surface area contributed by atoms with Crippen molar-refractivity contribution in [1.82, 2.24) is 4.90 Å². The molecule has 2 heterocycles. The van der Waals surface area contributed by atoms with Gasteiger partial charge in [0, 0.05) is 31.4 Å². The second-order valence-corrected chi connectivity index (χ2v) is 11.1. The van der Waals surface area contributed by atoms with Gasteiger partial charge in [-0.15, -0.1) is 12.4 Å². The van der Waals surface area contributed by atoms with Crippen LogP contribution in [0.25, 0.3) is 0 Å². The summed E-state index contributed by atoms with van der Waals surface area (Å²) in [4.78, 5) is 25.5. The van der Waals surface area contributed by atoms with Crippen molar-refractivity contribution in [1.29, 1.82) is 5.26 Å². The summed E-state index contributed by atoms with van der Waals surface area (Å²) in [5.74, 6) is -2.36. The number of likely N-dealkylation sites (tertiary alicyclic amines) is 1. The molecular weight excluding hydrogens is 529 g/mol. The molecule has 0 spiro atoms. The predicted octanol–water partition coefficient (Wildman–Crippen LogP) is 1.03. The van der Waals surface area contributed by atoms with Crippen LogP contribution in [0, 0.1) is 16.7 Å². The van der Waals surface area contributed by atoms with Crippen molar-refractivity contribution < 1.29 is 41.0 Å². The van der Waals surface area contributed by atoms with E-state index in [0.717, 1.165) is 12.1 Å². The second kappa shape index (κ2) is 9.70. The minimum absolute atomic E-state index is 0. The lowest BCUT2D eigenvalue weighted by molar-refractivity contribution is -0.143. The van der Waals surface area contributed by atoms with Gasteiger partial charge < -0.3 is 20.5 Å². The molecule has 2 aliphatic heterocycles. The smallest absolute Gasteiger partial charge is 0.417 e. The predicted molar refractivity (Wildman–Crippen MR) is 121 cm³/mol. The Balaban J connectivity index is 0.00000361. The van der Waals surface area contributed by atoms with E-state index in [2.05, 4.69) is 0 Å². The van der Waals surface area contributed by atoms with Gasteiger partial charge in [-0.05, 0) is 31.0 Å². The van der Waals surface area contributed by atoms with E-state index in [4.69, 9.17) is 10.5 Å². The number of carboxylic acid groups (broad SMARTS) is 1. The molecule has 0 aromatic heterocycles. The molecule has 10 nitrogen and oxygen atoms in total. The molecule has 198 valence electrons. The molecule has 1 aromatic carbocycles. The summed E-state index contributed by atoms with van der Waals surface area (Å²) in [7, 11) is -4.64. The van der Waals surface area contributed by atoms with Gasteiger partial charge in [-0.2, -0.15) is 18.4 Å². The third-order valence-corrected chi connectivity index (χ3v) is 9.13. The van der Waals surface area contributed by atoms with Crippen LogP contribution in [0.5, 0.6) is 0 Å². The fourth-order valence-electron chi connectivity index (χ4n) is 4.91. The molecule has 4 atom stereocenters. The molecule has 1 saturated carbocycles. The Labute approximate surface area is 211 Å². The van der Waals surface area contributed by atoms with Crippen LogP contribution < -0.4 is 10.6 Å². The minimum atomic E-state index is -4.98. The van der Waals surface area contributed by atoms with Crippen molar-refractivity contribution in [2.75, 3.05) is 37.7 Å². The quantitative estimate of drug-likeness (QED) is 0.526. The Bertz CT molecular complexity index is 1200. The molecule has 4 rings (SSSR count). The monoisotopic (exact) mass is 552 g/mol. The van der Waals surface area contributed by atoms with Gasteiger partial charge in [-0.25, -0.2) is 8.42 Å². The van der Waals surface area contributed by atoms with Crippen molar-refractivity contribution in [3.63, 3.8) is 0 Å². The first kappa shape index (κ1) is 28.0. The van der Waals surface area contributed by atoms with Crippen LogP contribution in [0.2, 0.25) is 0 Å². The number of primary amides is 1. The summed E-state index contributed by atoms with van der Waals surface area (Å²) >= 11 is 0. The molecule has 0 radical (unpaired) electrons. The third kappa shape index (κ3) is 4.72. The summed E-state index contributed by atoms with van der Waals surface area (Å²) in [6, 6.07) is 2.44. The molecule has 2 saturated heterocycles. The van der Waals surface area contributed by atoms with E-state index >= 15 is 0 Å². The first-order valence-electron chi connectivity index (χ1n) is 10.8. The number of nitrogens with two attached hydrogens (primary N) is 1. The Morgan fingerprint density at radius 3 is 2.39 bits per heavy atom. The van der Waals surface area contributed by atoms with Gasteiger partial charge in [0.15, 0.2) is 15.3 Å². The lowest BCUT2D eigenvalue weighted by atomic mass is 10.1. The third-order valence-electron chi connectivity index (χ3n) is 6.94. The first-order valence-corrected chi connectivity index (χ1v) is 12.3. The average molecular weight is 553 g/mol. The fraction of sp³-hybridized carbons (Fsp3) is 0.571. The molecule has 3 fully saturated rings. The van der Waals surface area contributed by atoms with Crippen LogP contribution in [-0.4, -0.2) is 80.5 Å². The van der Waals surface area contributed by atoms with E-state index in [1.165, 1.54) is 11.0 Å². The summed E-state index contributed by atoms with van der Waals surface area (Å²) < 4.78 is 73.9. The van der Waals surface area contributed by atoms with E-state index in [1.807, 2.05) is 0 Å². The highest BCUT2D eigenvalue weighted by molar-refractivity contribution is 7.92. The van der Waals surface area contributed by atoms with Crippen LogP contribution >= 0.6 is 12.4 Å². The number of anilines is 1. The number of morpholine rings is 1. The number of nitriles is 1. The highest BCUT2D eigenvalue weighted by atomic mass is 35.5. The van der Waals surface area contributed by atoms with E-state index < -0.39 is 74.1 Å². The molecule has 1 aliphatic carbocycles. The highest BCUT2D eigenvalue weighted by Gasteiger charge is 2.66. The van der Waals surface area contributed by atoms with E-state index in [-0.39, 0.29) is 24.5 Å².